The third kappa shape index (κ3) is 2.92. The molecular formula is C14H18F2N2O. The maximum Gasteiger partial charge on any atom is 0.254 e. The molecule has 19 heavy (non-hydrogen) atoms. The van der Waals surface area contributed by atoms with Crippen LogP contribution in [0.2, 0.25) is 0 Å². The molecule has 1 aromatic rings. The van der Waals surface area contributed by atoms with Crippen molar-refractivity contribution in [3.05, 3.63) is 35.4 Å². The summed E-state index contributed by atoms with van der Waals surface area (Å²) in [7, 11) is 0. The molecule has 3 N–H and O–H groups in total. The van der Waals surface area contributed by atoms with Crippen LogP contribution >= 0.6 is 0 Å². The highest BCUT2D eigenvalue weighted by molar-refractivity contribution is 5.94. The zero-order valence-corrected chi connectivity index (χ0v) is 10.7. The molecule has 0 bridgehead atoms. The van der Waals surface area contributed by atoms with Crippen LogP contribution in [0.25, 0.3) is 0 Å². The number of amides is 1. The number of carbonyl (C=O) groups excluding carboxylic acids is 1. The van der Waals surface area contributed by atoms with Gasteiger partial charge in [-0.3, -0.25) is 4.79 Å². The molecule has 1 aliphatic rings. The van der Waals surface area contributed by atoms with Gasteiger partial charge in [-0.25, -0.2) is 8.78 Å². The van der Waals surface area contributed by atoms with E-state index in [2.05, 4.69) is 5.32 Å². The van der Waals surface area contributed by atoms with Gasteiger partial charge in [-0.15, -0.1) is 0 Å². The molecule has 1 fully saturated rings. The second-order valence-electron chi connectivity index (χ2n) is 5.20. The Balaban J connectivity index is 2.03. The first-order chi connectivity index (χ1) is 9.08. The van der Waals surface area contributed by atoms with E-state index < -0.39 is 17.5 Å². The Bertz CT molecular complexity index is 471. The average Bonchev–Trinajstić information content (AvgIpc) is 2.89. The Morgan fingerprint density at radius 3 is 2.63 bits per heavy atom. The highest BCUT2D eigenvalue weighted by Crippen LogP contribution is 2.36. The molecule has 3 nitrogen and oxygen atoms in total. The van der Waals surface area contributed by atoms with Gasteiger partial charge in [0, 0.05) is 6.54 Å². The summed E-state index contributed by atoms with van der Waals surface area (Å²) in [6.07, 6.45) is 4.13. The lowest BCUT2D eigenvalue weighted by molar-refractivity contribution is 0.0927. The summed E-state index contributed by atoms with van der Waals surface area (Å²) in [6, 6.07) is 3.59. The van der Waals surface area contributed by atoms with Crippen LogP contribution in [0.4, 0.5) is 8.78 Å². The summed E-state index contributed by atoms with van der Waals surface area (Å²) in [4.78, 5) is 11.9. The minimum absolute atomic E-state index is 0.0839. The second kappa shape index (κ2) is 5.65. The van der Waals surface area contributed by atoms with E-state index in [1.807, 2.05) is 0 Å². The summed E-state index contributed by atoms with van der Waals surface area (Å²) in [5.74, 6) is -2.70. The van der Waals surface area contributed by atoms with Crippen molar-refractivity contribution in [2.75, 3.05) is 13.1 Å². The van der Waals surface area contributed by atoms with Crippen LogP contribution in [-0.4, -0.2) is 19.0 Å². The number of rotatable bonds is 4. The Hall–Kier alpha value is -1.49. The predicted octanol–water partition coefficient (Wildman–Crippen LogP) is 2.21. The van der Waals surface area contributed by atoms with E-state index in [-0.39, 0.29) is 11.0 Å². The molecular weight excluding hydrogens is 250 g/mol. The van der Waals surface area contributed by atoms with Gasteiger partial charge in [-0.2, -0.15) is 0 Å². The lowest BCUT2D eigenvalue weighted by atomic mass is 9.86. The highest BCUT2D eigenvalue weighted by atomic mass is 19.2. The molecule has 0 aliphatic heterocycles. The second-order valence-corrected chi connectivity index (χ2v) is 5.20. The summed E-state index contributed by atoms with van der Waals surface area (Å²) in [5.41, 5.74) is 5.42. The molecule has 0 unspecified atom stereocenters. The highest BCUT2D eigenvalue weighted by Gasteiger charge is 2.33. The largest absolute Gasteiger partial charge is 0.351 e. The maximum atomic E-state index is 13.5. The first-order valence-corrected chi connectivity index (χ1v) is 6.50. The van der Waals surface area contributed by atoms with Crippen LogP contribution in [0.5, 0.6) is 0 Å². The minimum Gasteiger partial charge on any atom is -0.351 e. The summed E-state index contributed by atoms with van der Waals surface area (Å²) in [6.45, 7) is 0.914. The molecule has 1 saturated carbocycles. The fourth-order valence-electron chi connectivity index (χ4n) is 2.62. The third-order valence-corrected chi connectivity index (χ3v) is 3.92. The fourth-order valence-corrected chi connectivity index (χ4v) is 2.62. The van der Waals surface area contributed by atoms with Gasteiger partial charge in [-0.05, 0) is 36.9 Å². The van der Waals surface area contributed by atoms with Gasteiger partial charge in [0.25, 0.3) is 5.91 Å². The lowest BCUT2D eigenvalue weighted by Gasteiger charge is -2.27. The van der Waals surface area contributed by atoms with Crippen LogP contribution in [0, 0.1) is 17.0 Å². The predicted molar refractivity (Wildman–Crippen MR) is 68.6 cm³/mol. The zero-order valence-electron chi connectivity index (χ0n) is 10.7. The van der Waals surface area contributed by atoms with E-state index >= 15 is 0 Å². The van der Waals surface area contributed by atoms with Crippen molar-refractivity contribution in [1.29, 1.82) is 0 Å². The van der Waals surface area contributed by atoms with Crippen molar-refractivity contribution < 1.29 is 13.6 Å². The molecule has 2 rings (SSSR count). The third-order valence-electron chi connectivity index (χ3n) is 3.92. The van der Waals surface area contributed by atoms with Crippen molar-refractivity contribution in [1.82, 2.24) is 5.32 Å². The van der Waals surface area contributed by atoms with Crippen LogP contribution in [-0.2, 0) is 0 Å². The molecule has 0 atom stereocenters. The number of halogens is 2. The summed E-state index contributed by atoms with van der Waals surface area (Å²) >= 11 is 0. The maximum absolute atomic E-state index is 13.5. The normalized spacial score (nSPS) is 17.4. The van der Waals surface area contributed by atoms with Crippen LogP contribution < -0.4 is 11.1 Å². The number of carbonyl (C=O) groups is 1. The molecule has 1 aromatic carbocycles. The quantitative estimate of drug-likeness (QED) is 0.879. The van der Waals surface area contributed by atoms with E-state index in [9.17, 15) is 13.6 Å². The Morgan fingerprint density at radius 1 is 1.32 bits per heavy atom. The van der Waals surface area contributed by atoms with E-state index in [1.54, 1.807) is 0 Å². The van der Waals surface area contributed by atoms with Crippen molar-refractivity contribution >= 4 is 5.91 Å². The molecule has 0 saturated heterocycles. The lowest BCUT2D eigenvalue weighted by Crippen LogP contribution is -2.41. The van der Waals surface area contributed by atoms with Crippen LogP contribution in [0.1, 0.15) is 36.0 Å². The SMILES string of the molecule is NCC1(CNC(=O)c2cccc(F)c2F)CCCC1. The number of nitrogens with two attached hydrogens (primary N) is 1. The van der Waals surface area contributed by atoms with Crippen molar-refractivity contribution in [2.24, 2.45) is 11.1 Å². The monoisotopic (exact) mass is 268 g/mol. The molecule has 1 amide bonds. The minimum atomic E-state index is -1.10. The van der Waals surface area contributed by atoms with E-state index in [4.69, 9.17) is 5.73 Å². The molecule has 1 aliphatic carbocycles. The standard InChI is InChI=1S/C14H18F2N2O/c15-11-5-3-4-10(12(11)16)13(19)18-9-14(8-17)6-1-2-7-14/h3-5H,1-2,6-9,17H2,(H,18,19). The number of nitrogens with one attached hydrogen (secondary N) is 1. The van der Waals surface area contributed by atoms with Gasteiger partial charge in [0.1, 0.15) is 0 Å². The Morgan fingerprint density at radius 2 is 2.00 bits per heavy atom. The average molecular weight is 268 g/mol. The van der Waals surface area contributed by atoms with Gasteiger partial charge in [-0.1, -0.05) is 18.9 Å². The van der Waals surface area contributed by atoms with E-state index in [1.165, 1.54) is 12.1 Å². The van der Waals surface area contributed by atoms with Gasteiger partial charge >= 0.3 is 0 Å². The first-order valence-electron chi connectivity index (χ1n) is 6.50. The van der Waals surface area contributed by atoms with E-state index in [0.717, 1.165) is 31.7 Å². The fraction of sp³-hybridized carbons (Fsp3) is 0.500. The molecule has 0 spiro atoms. The number of hydrogen-bond donors (Lipinski definition) is 2. The van der Waals surface area contributed by atoms with Crippen LogP contribution in [0.15, 0.2) is 18.2 Å². The Kier molecular flexibility index (Phi) is 4.14. The number of hydrogen-bond acceptors (Lipinski definition) is 2. The van der Waals surface area contributed by atoms with E-state index in [0.29, 0.717) is 13.1 Å². The molecule has 0 aromatic heterocycles. The first kappa shape index (κ1) is 13.9. The summed E-state index contributed by atoms with van der Waals surface area (Å²) in [5, 5.41) is 2.68. The topological polar surface area (TPSA) is 55.1 Å². The molecule has 0 heterocycles. The summed E-state index contributed by atoms with van der Waals surface area (Å²) < 4.78 is 26.5. The van der Waals surface area contributed by atoms with Gasteiger partial charge in [0.05, 0.1) is 5.56 Å². The van der Waals surface area contributed by atoms with Gasteiger partial charge < -0.3 is 11.1 Å². The zero-order chi connectivity index (χ0) is 13.9. The van der Waals surface area contributed by atoms with Crippen molar-refractivity contribution in [2.45, 2.75) is 25.7 Å². The van der Waals surface area contributed by atoms with Crippen LogP contribution in [0.3, 0.4) is 0 Å². The molecule has 0 radical (unpaired) electrons. The van der Waals surface area contributed by atoms with Gasteiger partial charge in [0.15, 0.2) is 11.6 Å². The smallest absolute Gasteiger partial charge is 0.254 e. The number of benzene rings is 1. The molecule has 5 heteroatoms. The van der Waals surface area contributed by atoms with Gasteiger partial charge in [0.2, 0.25) is 0 Å². The Labute approximate surface area is 111 Å². The van der Waals surface area contributed by atoms with Crippen molar-refractivity contribution in [3.63, 3.8) is 0 Å². The molecule has 104 valence electrons. The van der Waals surface area contributed by atoms with Crippen molar-refractivity contribution in [3.8, 4) is 0 Å².